The fourth-order valence-corrected chi connectivity index (χ4v) is 4.94. The standard InChI is InChI=1S/C20H20ClN3O4S/c21-17-7-13-16(29-17)6-15(22-13)20(28)23-14-5-10-3-1-2-4-12(10)18(14)24-19(27)11(8-25)9-26/h1-4,7,11,14,18,25-26H,5-6,8-9H2,(H,23,28)(H,24,27)/t14-,18-/m1/s1. The Bertz CT molecular complexity index is 986. The number of nitrogens with zero attached hydrogens (tertiary/aromatic N) is 1. The number of aliphatic imine (C=N–C) groups is 1. The predicted octanol–water partition coefficient (Wildman–Crippen LogP) is 1.53. The number of aliphatic hydroxyl groups excluding tert-OH is 2. The van der Waals surface area contributed by atoms with Gasteiger partial charge >= 0.3 is 0 Å². The van der Waals surface area contributed by atoms with Crippen molar-refractivity contribution < 1.29 is 19.8 Å². The number of rotatable bonds is 6. The third-order valence-electron chi connectivity index (χ3n) is 5.26. The fourth-order valence-electron chi connectivity index (χ4n) is 3.73. The first-order valence-electron chi connectivity index (χ1n) is 9.26. The average molecular weight is 434 g/mol. The van der Waals surface area contributed by atoms with Gasteiger partial charge in [0, 0.05) is 11.3 Å². The second kappa shape index (κ2) is 8.23. The van der Waals surface area contributed by atoms with Crippen LogP contribution < -0.4 is 10.6 Å². The number of carbonyl (C=O) groups is 2. The first-order valence-corrected chi connectivity index (χ1v) is 10.5. The molecular weight excluding hydrogens is 414 g/mol. The van der Waals surface area contributed by atoms with Crippen LogP contribution in [0.5, 0.6) is 0 Å². The summed E-state index contributed by atoms with van der Waals surface area (Å²) in [5, 5.41) is 24.5. The van der Waals surface area contributed by atoms with Crippen molar-refractivity contribution in [1.29, 1.82) is 0 Å². The lowest BCUT2D eigenvalue weighted by molar-refractivity contribution is -0.129. The van der Waals surface area contributed by atoms with Gasteiger partial charge in [-0.3, -0.25) is 9.59 Å². The lowest BCUT2D eigenvalue weighted by atomic mass is 10.0. The Hall–Kier alpha value is -2.26. The Morgan fingerprint density at radius 2 is 2.00 bits per heavy atom. The number of thiophene rings is 1. The van der Waals surface area contributed by atoms with Gasteiger partial charge in [-0.1, -0.05) is 35.9 Å². The van der Waals surface area contributed by atoms with E-state index in [2.05, 4.69) is 15.6 Å². The molecule has 0 saturated heterocycles. The molecule has 0 saturated carbocycles. The van der Waals surface area contributed by atoms with Crippen molar-refractivity contribution in [2.45, 2.75) is 24.9 Å². The van der Waals surface area contributed by atoms with Gasteiger partial charge in [-0.15, -0.1) is 11.3 Å². The first-order chi connectivity index (χ1) is 14.0. The monoisotopic (exact) mass is 433 g/mol. The van der Waals surface area contributed by atoms with Gasteiger partial charge in [0.15, 0.2) is 0 Å². The van der Waals surface area contributed by atoms with Crippen LogP contribution in [0, 0.1) is 5.92 Å². The van der Waals surface area contributed by atoms with E-state index in [0.29, 0.717) is 22.9 Å². The lowest BCUT2D eigenvalue weighted by Crippen LogP contribution is -2.48. The molecular formula is C20H20ClN3O4S. The zero-order valence-corrected chi connectivity index (χ0v) is 17.0. The minimum Gasteiger partial charge on any atom is -0.395 e. The molecule has 4 rings (SSSR count). The summed E-state index contributed by atoms with van der Waals surface area (Å²) >= 11 is 7.40. The van der Waals surface area contributed by atoms with Crippen LogP contribution >= 0.6 is 22.9 Å². The Morgan fingerprint density at radius 1 is 1.24 bits per heavy atom. The topological polar surface area (TPSA) is 111 Å². The van der Waals surface area contributed by atoms with Gasteiger partial charge < -0.3 is 20.8 Å². The van der Waals surface area contributed by atoms with Crippen LogP contribution in [0.15, 0.2) is 35.3 Å². The maximum absolute atomic E-state index is 12.8. The molecule has 2 amide bonds. The quantitative estimate of drug-likeness (QED) is 0.553. The van der Waals surface area contributed by atoms with Crippen molar-refractivity contribution in [2.75, 3.05) is 13.2 Å². The summed E-state index contributed by atoms with van der Waals surface area (Å²) in [6, 6.07) is 8.60. The van der Waals surface area contributed by atoms with Crippen molar-refractivity contribution >= 4 is 46.2 Å². The molecule has 2 heterocycles. The van der Waals surface area contributed by atoms with E-state index < -0.39 is 31.1 Å². The fraction of sp³-hybridized carbons (Fsp3) is 0.350. The van der Waals surface area contributed by atoms with Crippen molar-refractivity contribution in [2.24, 2.45) is 10.9 Å². The number of amides is 2. The van der Waals surface area contributed by atoms with Crippen LogP contribution in [0.3, 0.4) is 0 Å². The molecule has 2 aromatic rings. The second-order valence-electron chi connectivity index (χ2n) is 7.13. The van der Waals surface area contributed by atoms with Crippen LogP contribution in [0.2, 0.25) is 4.34 Å². The molecule has 9 heteroatoms. The number of carbonyl (C=O) groups excluding carboxylic acids is 2. The molecule has 2 aliphatic rings. The highest BCUT2D eigenvalue weighted by atomic mass is 35.5. The van der Waals surface area contributed by atoms with Crippen LogP contribution in [0.25, 0.3) is 0 Å². The molecule has 1 aromatic heterocycles. The summed E-state index contributed by atoms with van der Waals surface area (Å²) < 4.78 is 0.648. The maximum atomic E-state index is 12.8. The molecule has 2 atom stereocenters. The molecule has 1 aliphatic heterocycles. The Labute approximate surface area is 176 Å². The summed E-state index contributed by atoms with van der Waals surface area (Å²) in [5.74, 6) is -1.63. The van der Waals surface area contributed by atoms with Crippen LogP contribution in [-0.2, 0) is 22.4 Å². The van der Waals surface area contributed by atoms with E-state index in [9.17, 15) is 19.8 Å². The molecule has 0 fully saturated rings. The van der Waals surface area contributed by atoms with E-state index in [4.69, 9.17) is 11.6 Å². The number of fused-ring (bicyclic) bond motifs is 2. The van der Waals surface area contributed by atoms with Crippen LogP contribution in [-0.4, -0.2) is 47.0 Å². The summed E-state index contributed by atoms with van der Waals surface area (Å²) in [4.78, 5) is 30.6. The zero-order chi connectivity index (χ0) is 20.5. The molecule has 29 heavy (non-hydrogen) atoms. The van der Waals surface area contributed by atoms with E-state index in [1.54, 1.807) is 6.07 Å². The van der Waals surface area contributed by atoms with Crippen LogP contribution in [0.1, 0.15) is 22.0 Å². The van der Waals surface area contributed by atoms with E-state index in [1.165, 1.54) is 11.3 Å². The third-order valence-corrected chi connectivity index (χ3v) is 6.51. The smallest absolute Gasteiger partial charge is 0.266 e. The Morgan fingerprint density at radius 3 is 2.72 bits per heavy atom. The Balaban J connectivity index is 1.51. The Kier molecular flexibility index (Phi) is 5.69. The number of halogens is 1. The molecule has 7 nitrogen and oxygen atoms in total. The highest BCUT2D eigenvalue weighted by Gasteiger charge is 2.36. The molecule has 0 spiro atoms. The predicted molar refractivity (Wildman–Crippen MR) is 111 cm³/mol. The summed E-state index contributed by atoms with van der Waals surface area (Å²) in [5.41, 5.74) is 3.11. The largest absolute Gasteiger partial charge is 0.395 e. The molecule has 0 bridgehead atoms. The molecule has 152 valence electrons. The summed E-state index contributed by atoms with van der Waals surface area (Å²) in [6.45, 7) is -0.898. The van der Waals surface area contributed by atoms with Gasteiger partial charge in [0.05, 0.1) is 41.2 Å². The summed E-state index contributed by atoms with van der Waals surface area (Å²) in [6.07, 6.45) is 1.00. The highest BCUT2D eigenvalue weighted by molar-refractivity contribution is 7.17. The minimum absolute atomic E-state index is 0.276. The van der Waals surface area contributed by atoms with E-state index in [-0.39, 0.29) is 11.9 Å². The van der Waals surface area contributed by atoms with Crippen molar-refractivity contribution in [1.82, 2.24) is 10.6 Å². The van der Waals surface area contributed by atoms with E-state index in [0.717, 1.165) is 21.7 Å². The van der Waals surface area contributed by atoms with Gasteiger partial charge in [-0.25, -0.2) is 4.99 Å². The molecule has 0 radical (unpaired) electrons. The number of hydrogen-bond acceptors (Lipinski definition) is 6. The van der Waals surface area contributed by atoms with Gasteiger partial charge in [0.25, 0.3) is 5.91 Å². The number of aliphatic hydroxyl groups is 2. The maximum Gasteiger partial charge on any atom is 0.266 e. The van der Waals surface area contributed by atoms with Crippen molar-refractivity contribution in [3.05, 3.63) is 50.7 Å². The third kappa shape index (κ3) is 3.93. The molecule has 1 aliphatic carbocycles. The van der Waals surface area contributed by atoms with Gasteiger partial charge in [-0.2, -0.15) is 0 Å². The molecule has 4 N–H and O–H groups in total. The normalized spacial score (nSPS) is 19.7. The van der Waals surface area contributed by atoms with Gasteiger partial charge in [-0.05, 0) is 23.6 Å². The van der Waals surface area contributed by atoms with Crippen molar-refractivity contribution in [3.63, 3.8) is 0 Å². The highest BCUT2D eigenvalue weighted by Crippen LogP contribution is 2.38. The van der Waals surface area contributed by atoms with Gasteiger partial charge in [0.2, 0.25) is 5.91 Å². The summed E-state index contributed by atoms with van der Waals surface area (Å²) in [7, 11) is 0. The number of benzene rings is 1. The van der Waals surface area contributed by atoms with Crippen molar-refractivity contribution in [3.8, 4) is 0 Å². The lowest BCUT2D eigenvalue weighted by Gasteiger charge is -2.24. The zero-order valence-electron chi connectivity index (χ0n) is 15.4. The van der Waals surface area contributed by atoms with Gasteiger partial charge in [0.1, 0.15) is 5.71 Å². The van der Waals surface area contributed by atoms with Crippen LogP contribution in [0.4, 0.5) is 5.69 Å². The number of hydrogen-bond donors (Lipinski definition) is 4. The minimum atomic E-state index is -0.904. The second-order valence-corrected chi connectivity index (χ2v) is 8.89. The van der Waals surface area contributed by atoms with E-state index in [1.807, 2.05) is 24.3 Å². The average Bonchev–Trinajstić information content (AvgIpc) is 3.34. The first kappa shape index (κ1) is 20.0. The van der Waals surface area contributed by atoms with E-state index >= 15 is 0 Å². The molecule has 0 unspecified atom stereocenters. The molecule has 1 aromatic carbocycles. The number of nitrogens with one attached hydrogen (secondary N) is 2. The SMILES string of the molecule is O=C(N[C@@H]1Cc2ccccc2[C@H]1NC(=O)C(CO)CO)C1=Nc2cc(Cl)sc2C1.